The van der Waals surface area contributed by atoms with Crippen molar-refractivity contribution in [3.63, 3.8) is 0 Å². The topological polar surface area (TPSA) is 25.2 Å². The number of aromatic nitrogens is 1. The Morgan fingerprint density at radius 1 is 1.43 bits per heavy atom. The van der Waals surface area contributed by atoms with Crippen molar-refractivity contribution < 1.29 is 5.11 Å². The van der Waals surface area contributed by atoms with Gasteiger partial charge in [-0.3, -0.25) is 0 Å². The Kier molecular flexibility index (Phi) is 2.37. The number of hydrogen-bond donors (Lipinski definition) is 1. The fourth-order valence-corrected chi connectivity index (χ4v) is 2.62. The number of rotatable bonds is 1. The highest BCUT2D eigenvalue weighted by atomic mass is 79.9. The van der Waals surface area contributed by atoms with Crippen molar-refractivity contribution in [2.45, 2.75) is 13.5 Å². The van der Waals surface area contributed by atoms with Gasteiger partial charge in [-0.25, -0.2) is 0 Å². The summed E-state index contributed by atoms with van der Waals surface area (Å²) in [4.78, 5) is 0. The van der Waals surface area contributed by atoms with Gasteiger partial charge in [-0.05, 0) is 46.1 Å². The van der Waals surface area contributed by atoms with Gasteiger partial charge in [-0.2, -0.15) is 0 Å². The summed E-state index contributed by atoms with van der Waals surface area (Å²) in [5.74, 6) is 0. The second-order valence-electron chi connectivity index (χ2n) is 3.55. The van der Waals surface area contributed by atoms with Gasteiger partial charge in [-0.1, -0.05) is 0 Å². The van der Waals surface area contributed by atoms with Crippen LogP contribution >= 0.6 is 15.9 Å². The van der Waals surface area contributed by atoms with Crippen molar-refractivity contribution in [1.82, 2.24) is 4.57 Å². The number of aryl methyl sites for hydroxylation is 2. The molecule has 2 nitrogen and oxygen atoms in total. The Bertz CT molecular complexity index is 487. The molecular formula is C11H12BrNO. The van der Waals surface area contributed by atoms with Gasteiger partial charge in [0, 0.05) is 23.1 Å². The Hall–Kier alpha value is -0.800. The van der Waals surface area contributed by atoms with E-state index in [1.807, 2.05) is 19.2 Å². The van der Waals surface area contributed by atoms with Crippen LogP contribution in [-0.2, 0) is 13.7 Å². The fraction of sp³-hybridized carbons (Fsp3) is 0.273. The van der Waals surface area contributed by atoms with E-state index in [2.05, 4.69) is 33.6 Å². The van der Waals surface area contributed by atoms with Gasteiger partial charge >= 0.3 is 0 Å². The molecule has 0 radical (unpaired) electrons. The molecule has 1 aromatic carbocycles. The van der Waals surface area contributed by atoms with Crippen LogP contribution in [-0.4, -0.2) is 9.67 Å². The van der Waals surface area contributed by atoms with Crippen LogP contribution in [0.1, 0.15) is 11.1 Å². The normalized spacial score (nSPS) is 11.1. The van der Waals surface area contributed by atoms with Crippen molar-refractivity contribution in [3.05, 3.63) is 33.9 Å². The number of halogens is 1. The van der Waals surface area contributed by atoms with E-state index in [-0.39, 0.29) is 6.61 Å². The quantitative estimate of drug-likeness (QED) is 0.831. The number of aliphatic hydroxyl groups excluding tert-OH is 1. The molecule has 2 aromatic rings. The van der Waals surface area contributed by atoms with Crippen molar-refractivity contribution in [1.29, 1.82) is 0 Å². The van der Waals surface area contributed by atoms with Gasteiger partial charge in [0.25, 0.3) is 0 Å². The third-order valence-corrected chi connectivity index (χ3v) is 3.08. The second-order valence-corrected chi connectivity index (χ2v) is 4.41. The molecule has 1 heterocycles. The van der Waals surface area contributed by atoms with Gasteiger partial charge < -0.3 is 9.67 Å². The lowest BCUT2D eigenvalue weighted by atomic mass is 10.1. The van der Waals surface area contributed by atoms with Crippen LogP contribution < -0.4 is 0 Å². The van der Waals surface area contributed by atoms with Crippen LogP contribution in [0.4, 0.5) is 0 Å². The summed E-state index contributed by atoms with van der Waals surface area (Å²) in [6, 6.07) is 4.00. The summed E-state index contributed by atoms with van der Waals surface area (Å²) in [5, 5.41) is 10.3. The molecule has 3 heteroatoms. The molecule has 0 aliphatic carbocycles. The van der Waals surface area contributed by atoms with Crippen molar-refractivity contribution in [3.8, 4) is 0 Å². The first-order valence-corrected chi connectivity index (χ1v) is 5.27. The van der Waals surface area contributed by atoms with Crippen LogP contribution in [0.5, 0.6) is 0 Å². The zero-order valence-corrected chi connectivity index (χ0v) is 9.80. The van der Waals surface area contributed by atoms with Crippen molar-refractivity contribution >= 4 is 26.8 Å². The largest absolute Gasteiger partial charge is 0.392 e. The predicted octanol–water partition coefficient (Wildman–Crippen LogP) is 2.74. The van der Waals surface area contributed by atoms with E-state index in [4.69, 9.17) is 5.11 Å². The summed E-state index contributed by atoms with van der Waals surface area (Å²) >= 11 is 3.52. The number of nitrogens with zero attached hydrogens (tertiary/aromatic N) is 1. The number of aliphatic hydroxyl groups is 1. The van der Waals surface area contributed by atoms with Gasteiger partial charge in [0.2, 0.25) is 0 Å². The zero-order chi connectivity index (χ0) is 10.3. The van der Waals surface area contributed by atoms with Gasteiger partial charge in [0.1, 0.15) is 0 Å². The second kappa shape index (κ2) is 3.41. The zero-order valence-electron chi connectivity index (χ0n) is 8.21. The van der Waals surface area contributed by atoms with Crippen molar-refractivity contribution in [2.24, 2.45) is 7.05 Å². The highest BCUT2D eigenvalue weighted by Crippen LogP contribution is 2.29. The smallest absolute Gasteiger partial charge is 0.0682 e. The Morgan fingerprint density at radius 2 is 2.14 bits per heavy atom. The first-order valence-electron chi connectivity index (χ1n) is 4.48. The molecule has 0 aliphatic heterocycles. The standard InChI is InChI=1S/C11H12BrNO/c1-7-5-13(2)11-9(7)3-8(6-14)4-10(11)12/h3-5,14H,6H2,1-2H3. The van der Waals surface area contributed by atoms with Crippen LogP contribution in [0.15, 0.2) is 22.8 Å². The highest BCUT2D eigenvalue weighted by Gasteiger charge is 2.07. The lowest BCUT2D eigenvalue weighted by molar-refractivity contribution is 0.282. The van der Waals surface area contributed by atoms with Gasteiger partial charge in [0.15, 0.2) is 0 Å². The molecule has 0 spiro atoms. The summed E-state index contributed by atoms with van der Waals surface area (Å²) in [5.41, 5.74) is 3.36. The van der Waals surface area contributed by atoms with Gasteiger partial charge in [0.05, 0.1) is 12.1 Å². The van der Waals surface area contributed by atoms with Crippen LogP contribution in [0.3, 0.4) is 0 Å². The van der Waals surface area contributed by atoms with Crippen LogP contribution in [0, 0.1) is 6.92 Å². The van der Waals surface area contributed by atoms with Crippen LogP contribution in [0.25, 0.3) is 10.9 Å². The van der Waals surface area contributed by atoms with Crippen molar-refractivity contribution in [2.75, 3.05) is 0 Å². The number of hydrogen-bond acceptors (Lipinski definition) is 1. The SMILES string of the molecule is Cc1cn(C)c2c(Br)cc(CO)cc12. The van der Waals surface area contributed by atoms with E-state index >= 15 is 0 Å². The van der Waals surface area contributed by atoms with E-state index in [1.54, 1.807) is 0 Å². The number of fused-ring (bicyclic) bond motifs is 1. The predicted molar refractivity (Wildman–Crippen MR) is 61.3 cm³/mol. The molecule has 1 aromatic heterocycles. The molecule has 0 saturated heterocycles. The van der Waals surface area contributed by atoms with E-state index in [1.165, 1.54) is 16.5 Å². The summed E-state index contributed by atoms with van der Waals surface area (Å²) in [6.07, 6.45) is 2.09. The van der Waals surface area contributed by atoms with Gasteiger partial charge in [-0.15, -0.1) is 0 Å². The summed E-state index contributed by atoms with van der Waals surface area (Å²) < 4.78 is 3.13. The molecule has 74 valence electrons. The third kappa shape index (κ3) is 1.37. The van der Waals surface area contributed by atoms with E-state index < -0.39 is 0 Å². The lowest BCUT2D eigenvalue weighted by Crippen LogP contribution is -1.88. The molecule has 0 fully saturated rings. The monoisotopic (exact) mass is 253 g/mol. The molecule has 14 heavy (non-hydrogen) atoms. The molecule has 0 amide bonds. The molecule has 0 bridgehead atoms. The minimum Gasteiger partial charge on any atom is -0.392 e. The molecule has 1 N–H and O–H groups in total. The molecule has 2 rings (SSSR count). The first kappa shape index (κ1) is 9.74. The Labute approximate surface area is 91.3 Å². The minimum absolute atomic E-state index is 0.0862. The molecular weight excluding hydrogens is 242 g/mol. The minimum atomic E-state index is 0.0862. The average Bonchev–Trinajstić information content (AvgIpc) is 2.42. The fourth-order valence-electron chi connectivity index (χ4n) is 1.83. The summed E-state index contributed by atoms with van der Waals surface area (Å²) in [6.45, 7) is 2.17. The Balaban J connectivity index is 2.86. The molecule has 0 saturated carbocycles. The maximum Gasteiger partial charge on any atom is 0.0682 e. The average molecular weight is 254 g/mol. The highest BCUT2D eigenvalue weighted by molar-refractivity contribution is 9.10. The maximum atomic E-state index is 9.09. The van der Waals surface area contributed by atoms with Crippen LogP contribution in [0.2, 0.25) is 0 Å². The van der Waals surface area contributed by atoms with E-state index in [0.717, 1.165) is 10.0 Å². The summed E-state index contributed by atoms with van der Waals surface area (Å²) in [7, 11) is 2.03. The lowest BCUT2D eigenvalue weighted by Gasteiger charge is -2.02. The molecule has 0 atom stereocenters. The number of benzene rings is 1. The van der Waals surface area contributed by atoms with E-state index in [9.17, 15) is 0 Å². The maximum absolute atomic E-state index is 9.09. The molecule has 0 aliphatic rings. The first-order chi connectivity index (χ1) is 6.63. The van der Waals surface area contributed by atoms with E-state index in [0.29, 0.717) is 0 Å². The third-order valence-electron chi connectivity index (χ3n) is 2.47. The Morgan fingerprint density at radius 3 is 2.79 bits per heavy atom. The molecule has 0 unspecified atom stereocenters.